The molecule has 2 aliphatic rings. The van der Waals surface area contributed by atoms with Crippen LogP contribution < -0.4 is 10.1 Å². The molecule has 2 amide bonds. The zero-order chi connectivity index (χ0) is 27.0. The summed E-state index contributed by atoms with van der Waals surface area (Å²) < 4.78 is 22.9. The molecule has 8 heteroatoms. The highest BCUT2D eigenvalue weighted by atomic mass is 16.6. The van der Waals surface area contributed by atoms with Crippen LogP contribution in [-0.4, -0.2) is 55.0 Å². The van der Waals surface area contributed by atoms with Crippen LogP contribution in [0.2, 0.25) is 0 Å². The zero-order valence-electron chi connectivity index (χ0n) is 22.7. The molecule has 1 aliphatic heterocycles. The molecule has 2 aromatic carbocycles. The number of alkyl carbamates (subject to hydrolysis) is 1. The van der Waals surface area contributed by atoms with E-state index in [9.17, 15) is 9.59 Å². The van der Waals surface area contributed by atoms with Gasteiger partial charge in [-0.3, -0.25) is 0 Å². The minimum atomic E-state index is -0.468. The standard InChI is InChI=1S/C30H40N2O6/c1-29(2,3)38-28(34)32-21-30(22-32)15-13-25(14-16-30)36-20-24-11-7-8-12-26(24)35-18-17-31-27(33)37-19-23-9-5-4-6-10-23/h4-12,25H,13-22H2,1-3H3,(H,31,33). The van der Waals surface area contributed by atoms with Crippen molar-refractivity contribution in [2.24, 2.45) is 5.41 Å². The molecule has 206 valence electrons. The largest absolute Gasteiger partial charge is 0.491 e. The second-order valence-corrected chi connectivity index (χ2v) is 11.3. The molecule has 1 N–H and O–H groups in total. The predicted octanol–water partition coefficient (Wildman–Crippen LogP) is 5.69. The summed E-state index contributed by atoms with van der Waals surface area (Å²) >= 11 is 0. The first kappa shape index (κ1) is 27.8. The number of carbonyl (C=O) groups is 2. The first-order valence-electron chi connectivity index (χ1n) is 13.5. The third-order valence-corrected chi connectivity index (χ3v) is 6.99. The molecular formula is C30H40N2O6. The Balaban J connectivity index is 1.13. The van der Waals surface area contributed by atoms with E-state index in [0.717, 1.165) is 55.6 Å². The maximum Gasteiger partial charge on any atom is 0.410 e. The van der Waals surface area contributed by atoms with E-state index >= 15 is 0 Å². The van der Waals surface area contributed by atoms with E-state index in [1.54, 1.807) is 0 Å². The number of nitrogens with one attached hydrogen (secondary N) is 1. The van der Waals surface area contributed by atoms with Crippen molar-refractivity contribution in [3.8, 4) is 5.75 Å². The van der Waals surface area contributed by atoms with Crippen LogP contribution in [0.3, 0.4) is 0 Å². The van der Waals surface area contributed by atoms with Gasteiger partial charge in [-0.05, 0) is 58.1 Å². The first-order chi connectivity index (χ1) is 18.2. The third-order valence-electron chi connectivity index (χ3n) is 6.99. The van der Waals surface area contributed by atoms with E-state index < -0.39 is 11.7 Å². The summed E-state index contributed by atoms with van der Waals surface area (Å²) in [6, 6.07) is 17.4. The van der Waals surface area contributed by atoms with Gasteiger partial charge >= 0.3 is 12.2 Å². The van der Waals surface area contributed by atoms with Crippen LogP contribution in [0.4, 0.5) is 9.59 Å². The molecule has 4 rings (SSSR count). The molecule has 0 unspecified atom stereocenters. The Hall–Kier alpha value is -3.26. The number of likely N-dealkylation sites (tertiary alicyclic amines) is 1. The lowest BCUT2D eigenvalue weighted by Crippen LogP contribution is -2.60. The Morgan fingerprint density at radius 2 is 1.66 bits per heavy atom. The summed E-state index contributed by atoms with van der Waals surface area (Å²) in [5.74, 6) is 0.756. The molecule has 0 aromatic heterocycles. The number of nitrogens with zero attached hydrogens (tertiary/aromatic N) is 1. The number of para-hydroxylation sites is 1. The molecule has 38 heavy (non-hydrogen) atoms. The lowest BCUT2D eigenvalue weighted by molar-refractivity contribution is -0.0783. The molecule has 0 radical (unpaired) electrons. The zero-order valence-corrected chi connectivity index (χ0v) is 22.7. The van der Waals surface area contributed by atoms with Crippen molar-refractivity contribution >= 4 is 12.2 Å². The lowest BCUT2D eigenvalue weighted by atomic mass is 9.68. The second-order valence-electron chi connectivity index (χ2n) is 11.3. The Bertz CT molecular complexity index is 1050. The van der Waals surface area contributed by atoms with Crippen LogP contribution in [0.5, 0.6) is 5.75 Å². The van der Waals surface area contributed by atoms with Gasteiger partial charge in [0.15, 0.2) is 0 Å². The summed E-state index contributed by atoms with van der Waals surface area (Å²) in [7, 11) is 0. The monoisotopic (exact) mass is 524 g/mol. The number of ether oxygens (including phenoxy) is 4. The second kappa shape index (κ2) is 12.5. The molecule has 2 fully saturated rings. The minimum Gasteiger partial charge on any atom is -0.491 e. The van der Waals surface area contributed by atoms with Crippen LogP contribution >= 0.6 is 0 Å². The van der Waals surface area contributed by atoms with E-state index in [1.807, 2.05) is 80.3 Å². The molecule has 1 heterocycles. The SMILES string of the molecule is CC(C)(C)OC(=O)N1CC2(CCC(OCc3ccccc3OCCNC(=O)OCc3ccccc3)CC2)C1. The number of hydrogen-bond donors (Lipinski definition) is 1. The maximum atomic E-state index is 12.3. The average molecular weight is 525 g/mol. The van der Waals surface area contributed by atoms with E-state index in [4.69, 9.17) is 18.9 Å². The van der Waals surface area contributed by atoms with Crippen molar-refractivity contribution in [1.29, 1.82) is 0 Å². The molecule has 0 bridgehead atoms. The fraction of sp³-hybridized carbons (Fsp3) is 0.533. The van der Waals surface area contributed by atoms with Gasteiger partial charge in [-0.25, -0.2) is 9.59 Å². The number of carbonyl (C=O) groups excluding carboxylic acids is 2. The molecular weight excluding hydrogens is 484 g/mol. The van der Waals surface area contributed by atoms with E-state index in [2.05, 4.69) is 5.32 Å². The molecule has 1 saturated heterocycles. The van der Waals surface area contributed by atoms with Gasteiger partial charge in [0.25, 0.3) is 0 Å². The normalized spacial score (nSPS) is 17.0. The van der Waals surface area contributed by atoms with Crippen molar-refractivity contribution in [2.75, 3.05) is 26.2 Å². The topological polar surface area (TPSA) is 86.3 Å². The predicted molar refractivity (Wildman–Crippen MR) is 144 cm³/mol. The molecule has 1 spiro atoms. The average Bonchev–Trinajstić information content (AvgIpc) is 2.88. The van der Waals surface area contributed by atoms with Crippen molar-refractivity contribution < 1.29 is 28.5 Å². The molecule has 8 nitrogen and oxygen atoms in total. The Kier molecular flexibility index (Phi) is 9.15. The van der Waals surface area contributed by atoms with Gasteiger partial charge in [0.1, 0.15) is 24.6 Å². The number of amides is 2. The van der Waals surface area contributed by atoms with Gasteiger partial charge in [0.2, 0.25) is 0 Å². The Morgan fingerprint density at radius 3 is 2.37 bits per heavy atom. The highest BCUT2D eigenvalue weighted by Gasteiger charge is 2.48. The van der Waals surface area contributed by atoms with Crippen molar-refractivity contribution in [3.63, 3.8) is 0 Å². The molecule has 0 atom stereocenters. The van der Waals surface area contributed by atoms with Crippen molar-refractivity contribution in [3.05, 3.63) is 65.7 Å². The van der Waals surface area contributed by atoms with Crippen LogP contribution in [-0.2, 0) is 27.4 Å². The minimum absolute atomic E-state index is 0.199. The summed E-state index contributed by atoms with van der Waals surface area (Å²) in [5, 5.41) is 2.72. The first-order valence-corrected chi connectivity index (χ1v) is 13.5. The maximum absolute atomic E-state index is 12.3. The summed E-state index contributed by atoms with van der Waals surface area (Å²) in [6.07, 6.45) is 3.61. The van der Waals surface area contributed by atoms with Gasteiger partial charge in [-0.1, -0.05) is 48.5 Å². The quantitative estimate of drug-likeness (QED) is 0.424. The summed E-state index contributed by atoms with van der Waals surface area (Å²) in [4.78, 5) is 26.0. The Labute approximate surface area is 225 Å². The van der Waals surface area contributed by atoms with E-state index in [0.29, 0.717) is 19.8 Å². The summed E-state index contributed by atoms with van der Waals surface area (Å²) in [6.45, 7) is 8.62. The number of hydrogen-bond acceptors (Lipinski definition) is 6. The van der Waals surface area contributed by atoms with E-state index in [-0.39, 0.29) is 24.2 Å². The number of rotatable bonds is 9. The molecule has 1 saturated carbocycles. The summed E-state index contributed by atoms with van der Waals surface area (Å²) in [5.41, 5.74) is 1.68. The van der Waals surface area contributed by atoms with Crippen LogP contribution in [0, 0.1) is 5.41 Å². The smallest absolute Gasteiger partial charge is 0.410 e. The highest BCUT2D eigenvalue weighted by Crippen LogP contribution is 2.45. The van der Waals surface area contributed by atoms with Gasteiger partial charge < -0.3 is 29.2 Å². The molecule has 2 aromatic rings. The molecule has 1 aliphatic carbocycles. The van der Waals surface area contributed by atoms with Crippen LogP contribution in [0.15, 0.2) is 54.6 Å². The fourth-order valence-corrected chi connectivity index (χ4v) is 4.97. The van der Waals surface area contributed by atoms with Crippen LogP contribution in [0.1, 0.15) is 57.6 Å². The van der Waals surface area contributed by atoms with Gasteiger partial charge in [-0.15, -0.1) is 0 Å². The van der Waals surface area contributed by atoms with Crippen molar-refractivity contribution in [2.45, 2.75) is 71.4 Å². The van der Waals surface area contributed by atoms with Gasteiger partial charge in [0.05, 0.1) is 19.3 Å². The van der Waals surface area contributed by atoms with Gasteiger partial charge in [0, 0.05) is 24.1 Å². The highest BCUT2D eigenvalue weighted by molar-refractivity contribution is 5.69. The van der Waals surface area contributed by atoms with E-state index in [1.165, 1.54) is 0 Å². The third kappa shape index (κ3) is 8.12. The van der Waals surface area contributed by atoms with Gasteiger partial charge in [-0.2, -0.15) is 0 Å². The fourth-order valence-electron chi connectivity index (χ4n) is 4.97. The number of benzene rings is 2. The Morgan fingerprint density at radius 1 is 0.974 bits per heavy atom. The van der Waals surface area contributed by atoms with Crippen molar-refractivity contribution in [1.82, 2.24) is 10.2 Å². The van der Waals surface area contributed by atoms with Crippen LogP contribution in [0.25, 0.3) is 0 Å². The lowest BCUT2D eigenvalue weighted by Gasteiger charge is -2.53.